The predicted octanol–water partition coefficient (Wildman–Crippen LogP) is 4.17. The van der Waals surface area contributed by atoms with Crippen LogP contribution in [0.2, 0.25) is 5.02 Å². The molecular weight excluding hydrogens is 351 g/mol. The van der Waals surface area contributed by atoms with E-state index in [0.29, 0.717) is 23.5 Å². The van der Waals surface area contributed by atoms with Gasteiger partial charge in [-0.25, -0.2) is 4.39 Å². The lowest BCUT2D eigenvalue weighted by atomic mass is 10.0. The fourth-order valence-corrected chi connectivity index (χ4v) is 3.58. The molecule has 1 saturated heterocycles. The second-order valence-electron chi connectivity index (χ2n) is 5.61. The maximum Gasteiger partial charge on any atom is 0.264 e. The van der Waals surface area contributed by atoms with Crippen LogP contribution in [-0.4, -0.2) is 29.3 Å². The molecule has 1 aliphatic rings. The van der Waals surface area contributed by atoms with Gasteiger partial charge >= 0.3 is 0 Å². The van der Waals surface area contributed by atoms with E-state index in [-0.39, 0.29) is 16.8 Å². The Morgan fingerprint density at radius 3 is 2.83 bits per heavy atom. The summed E-state index contributed by atoms with van der Waals surface area (Å²) in [5.74, 6) is -1.03. The molecule has 1 aromatic carbocycles. The van der Waals surface area contributed by atoms with Gasteiger partial charge < -0.3 is 10.2 Å². The standard InChI is InChI=1S/C17H16ClFN2O2S/c18-12-7-6-11(10-13(12)19)20-16(22)14-4-1-2-8-21(14)17(23)15-5-3-9-24-15/h3,5-7,9-10,14H,1-2,4,8H2,(H,20,22). The first-order valence-corrected chi connectivity index (χ1v) is 8.92. The highest BCUT2D eigenvalue weighted by Gasteiger charge is 2.33. The first-order chi connectivity index (χ1) is 11.6. The number of anilines is 1. The Morgan fingerprint density at radius 1 is 1.29 bits per heavy atom. The molecule has 0 saturated carbocycles. The van der Waals surface area contributed by atoms with Gasteiger partial charge in [-0.1, -0.05) is 17.7 Å². The number of rotatable bonds is 3. The molecule has 2 aromatic rings. The van der Waals surface area contributed by atoms with Crippen LogP contribution in [0, 0.1) is 5.82 Å². The Bertz CT molecular complexity index is 751. The van der Waals surface area contributed by atoms with E-state index in [4.69, 9.17) is 11.6 Å². The number of likely N-dealkylation sites (tertiary alicyclic amines) is 1. The molecule has 1 atom stereocenters. The van der Waals surface area contributed by atoms with E-state index in [0.717, 1.165) is 12.8 Å². The molecule has 1 aliphatic heterocycles. The van der Waals surface area contributed by atoms with E-state index < -0.39 is 11.9 Å². The summed E-state index contributed by atoms with van der Waals surface area (Å²) < 4.78 is 13.5. The maximum atomic E-state index is 13.5. The molecule has 2 heterocycles. The van der Waals surface area contributed by atoms with Crippen LogP contribution >= 0.6 is 22.9 Å². The topological polar surface area (TPSA) is 49.4 Å². The maximum absolute atomic E-state index is 13.5. The summed E-state index contributed by atoms with van der Waals surface area (Å²) in [7, 11) is 0. The van der Waals surface area contributed by atoms with Gasteiger partial charge in [-0.3, -0.25) is 9.59 Å². The van der Waals surface area contributed by atoms with Crippen LogP contribution in [0.1, 0.15) is 28.9 Å². The molecule has 1 fully saturated rings. The van der Waals surface area contributed by atoms with Crippen molar-refractivity contribution in [3.8, 4) is 0 Å². The molecule has 4 nitrogen and oxygen atoms in total. The van der Waals surface area contributed by atoms with E-state index in [2.05, 4.69) is 5.32 Å². The zero-order chi connectivity index (χ0) is 17.1. The van der Waals surface area contributed by atoms with Crippen molar-refractivity contribution in [1.29, 1.82) is 0 Å². The van der Waals surface area contributed by atoms with Crippen LogP contribution in [0.3, 0.4) is 0 Å². The quantitative estimate of drug-likeness (QED) is 0.886. The smallest absolute Gasteiger partial charge is 0.264 e. The minimum Gasteiger partial charge on any atom is -0.326 e. The molecule has 7 heteroatoms. The van der Waals surface area contributed by atoms with Crippen LogP contribution in [-0.2, 0) is 4.79 Å². The van der Waals surface area contributed by atoms with Gasteiger partial charge in [0.25, 0.3) is 5.91 Å². The van der Waals surface area contributed by atoms with Crippen molar-refractivity contribution in [1.82, 2.24) is 4.90 Å². The number of halogens is 2. The van der Waals surface area contributed by atoms with Crippen LogP contribution in [0.4, 0.5) is 10.1 Å². The molecule has 1 aromatic heterocycles. The number of benzene rings is 1. The number of thiophene rings is 1. The summed E-state index contributed by atoms with van der Waals surface area (Å²) in [6.07, 6.45) is 2.34. The zero-order valence-corrected chi connectivity index (χ0v) is 14.4. The molecule has 2 amide bonds. The number of amides is 2. The summed E-state index contributed by atoms with van der Waals surface area (Å²) in [6, 6.07) is 7.12. The van der Waals surface area contributed by atoms with E-state index in [9.17, 15) is 14.0 Å². The minimum atomic E-state index is -0.593. The van der Waals surface area contributed by atoms with E-state index in [1.165, 1.54) is 29.5 Å². The van der Waals surface area contributed by atoms with Gasteiger partial charge in [-0.05, 0) is 48.9 Å². The fraction of sp³-hybridized carbons (Fsp3) is 0.294. The first-order valence-electron chi connectivity index (χ1n) is 7.66. The lowest BCUT2D eigenvalue weighted by Gasteiger charge is -2.34. The van der Waals surface area contributed by atoms with E-state index in [1.54, 1.807) is 11.0 Å². The minimum absolute atomic E-state index is 0.000153. The van der Waals surface area contributed by atoms with Crippen LogP contribution in [0.5, 0.6) is 0 Å². The Labute approximate surface area is 148 Å². The third-order valence-electron chi connectivity index (χ3n) is 3.99. The predicted molar refractivity (Wildman–Crippen MR) is 93.0 cm³/mol. The number of carbonyl (C=O) groups is 2. The van der Waals surface area contributed by atoms with Crippen molar-refractivity contribution in [2.75, 3.05) is 11.9 Å². The summed E-state index contributed by atoms with van der Waals surface area (Å²) in [5.41, 5.74) is 0.330. The number of hydrogen-bond acceptors (Lipinski definition) is 3. The van der Waals surface area contributed by atoms with Gasteiger partial charge in [0.1, 0.15) is 11.9 Å². The zero-order valence-electron chi connectivity index (χ0n) is 12.8. The second-order valence-corrected chi connectivity index (χ2v) is 6.96. The van der Waals surface area contributed by atoms with Crippen LogP contribution in [0.15, 0.2) is 35.7 Å². The van der Waals surface area contributed by atoms with Crippen molar-refractivity contribution in [2.45, 2.75) is 25.3 Å². The van der Waals surface area contributed by atoms with Crippen molar-refractivity contribution >= 4 is 40.4 Å². The first kappa shape index (κ1) is 16.9. The van der Waals surface area contributed by atoms with E-state index in [1.807, 2.05) is 11.4 Å². The largest absolute Gasteiger partial charge is 0.326 e. The molecule has 0 radical (unpaired) electrons. The fourth-order valence-electron chi connectivity index (χ4n) is 2.79. The lowest BCUT2D eigenvalue weighted by molar-refractivity contribution is -0.121. The molecule has 0 aliphatic carbocycles. The van der Waals surface area contributed by atoms with Crippen molar-refractivity contribution < 1.29 is 14.0 Å². The molecule has 0 bridgehead atoms. The third-order valence-corrected chi connectivity index (χ3v) is 5.15. The number of carbonyl (C=O) groups excluding carboxylic acids is 2. The van der Waals surface area contributed by atoms with Crippen LogP contribution < -0.4 is 5.32 Å². The average Bonchev–Trinajstić information content (AvgIpc) is 3.12. The Balaban J connectivity index is 1.75. The SMILES string of the molecule is O=C(Nc1ccc(Cl)c(F)c1)C1CCCCN1C(=O)c1cccs1. The molecular formula is C17H16ClFN2O2S. The number of nitrogens with one attached hydrogen (secondary N) is 1. The van der Waals surface area contributed by atoms with Crippen molar-refractivity contribution in [3.05, 3.63) is 51.4 Å². The molecule has 0 spiro atoms. The number of piperidine rings is 1. The van der Waals surface area contributed by atoms with Crippen LogP contribution in [0.25, 0.3) is 0 Å². The Morgan fingerprint density at radius 2 is 2.12 bits per heavy atom. The molecule has 1 unspecified atom stereocenters. The van der Waals surface area contributed by atoms with Gasteiger partial charge in [0, 0.05) is 12.2 Å². The molecule has 1 N–H and O–H groups in total. The van der Waals surface area contributed by atoms with Gasteiger partial charge in [0.05, 0.1) is 9.90 Å². The summed E-state index contributed by atoms with van der Waals surface area (Å²) in [4.78, 5) is 27.4. The van der Waals surface area contributed by atoms with Gasteiger partial charge in [0.2, 0.25) is 5.91 Å². The highest BCUT2D eigenvalue weighted by Crippen LogP contribution is 2.24. The lowest BCUT2D eigenvalue weighted by Crippen LogP contribution is -2.49. The summed E-state index contributed by atoms with van der Waals surface area (Å²) >= 11 is 7.01. The normalized spacial score (nSPS) is 17.6. The molecule has 3 rings (SSSR count). The average molecular weight is 367 g/mol. The van der Waals surface area contributed by atoms with Crippen molar-refractivity contribution in [2.24, 2.45) is 0 Å². The Kier molecular flexibility index (Phi) is 5.16. The van der Waals surface area contributed by atoms with E-state index >= 15 is 0 Å². The number of nitrogens with zero attached hydrogens (tertiary/aromatic N) is 1. The second kappa shape index (κ2) is 7.32. The molecule has 126 valence electrons. The summed E-state index contributed by atoms with van der Waals surface area (Å²) in [6.45, 7) is 0.545. The Hall–Kier alpha value is -1.92. The highest BCUT2D eigenvalue weighted by atomic mass is 35.5. The molecule has 24 heavy (non-hydrogen) atoms. The number of hydrogen-bond donors (Lipinski definition) is 1. The monoisotopic (exact) mass is 366 g/mol. The summed E-state index contributed by atoms with van der Waals surface area (Å²) in [5, 5.41) is 4.52. The van der Waals surface area contributed by atoms with Gasteiger partial charge in [0.15, 0.2) is 0 Å². The van der Waals surface area contributed by atoms with Crippen molar-refractivity contribution in [3.63, 3.8) is 0 Å². The third kappa shape index (κ3) is 3.60. The highest BCUT2D eigenvalue weighted by molar-refractivity contribution is 7.12. The van der Waals surface area contributed by atoms with Gasteiger partial charge in [-0.2, -0.15) is 0 Å². The van der Waals surface area contributed by atoms with Gasteiger partial charge in [-0.15, -0.1) is 11.3 Å².